The van der Waals surface area contributed by atoms with Crippen molar-refractivity contribution in [3.8, 4) is 5.75 Å². The first-order chi connectivity index (χ1) is 9.09. The highest BCUT2D eigenvalue weighted by Crippen LogP contribution is 2.37. The Morgan fingerprint density at radius 2 is 2.05 bits per heavy atom. The van der Waals surface area contributed by atoms with Crippen molar-refractivity contribution in [3.63, 3.8) is 0 Å². The van der Waals surface area contributed by atoms with Gasteiger partial charge in [-0.3, -0.25) is 4.72 Å². The standard InChI is InChI=1S/C9H12BN2O7S/c11-20(17,18)12-6-2-1-5-3-4-10(15,16)19-8(5)7(6)9(13)14/h1-2,12,15-16H,3-4H2,(H,13,14)(H2,11,17,18)/q-1. The Bertz CT molecular complexity index is 673. The fourth-order valence-corrected chi connectivity index (χ4v) is 2.48. The van der Waals surface area contributed by atoms with Gasteiger partial charge in [-0.05, 0) is 18.1 Å². The maximum atomic E-state index is 11.3. The lowest BCUT2D eigenvalue weighted by Crippen LogP contribution is -2.45. The van der Waals surface area contributed by atoms with Crippen molar-refractivity contribution >= 4 is 28.6 Å². The molecule has 1 heterocycles. The number of nitrogens with two attached hydrogens (primary N) is 1. The highest BCUT2D eigenvalue weighted by Gasteiger charge is 2.32. The molecule has 0 aromatic heterocycles. The summed E-state index contributed by atoms with van der Waals surface area (Å²) in [6, 6.07) is 2.66. The first-order valence-corrected chi connectivity index (χ1v) is 7.13. The zero-order valence-corrected chi connectivity index (χ0v) is 10.9. The van der Waals surface area contributed by atoms with Crippen molar-refractivity contribution in [2.75, 3.05) is 4.72 Å². The van der Waals surface area contributed by atoms with E-state index in [4.69, 9.17) is 9.79 Å². The van der Waals surface area contributed by atoms with Gasteiger partial charge in [0.1, 0.15) is 5.56 Å². The Kier molecular flexibility index (Phi) is 3.38. The van der Waals surface area contributed by atoms with Gasteiger partial charge in [-0.2, -0.15) is 8.42 Å². The molecule has 6 N–H and O–H groups in total. The zero-order chi connectivity index (χ0) is 15.1. The molecule has 1 aliphatic heterocycles. The predicted octanol–water partition coefficient (Wildman–Crippen LogP) is -1.14. The average Bonchev–Trinajstić information content (AvgIpc) is 2.24. The lowest BCUT2D eigenvalue weighted by molar-refractivity contribution is 0.0694. The average molecular weight is 303 g/mol. The summed E-state index contributed by atoms with van der Waals surface area (Å²) in [4.78, 5) is 11.3. The summed E-state index contributed by atoms with van der Waals surface area (Å²) >= 11 is 0. The number of anilines is 1. The summed E-state index contributed by atoms with van der Waals surface area (Å²) in [7, 11) is -4.18. The van der Waals surface area contributed by atoms with Gasteiger partial charge in [-0.15, -0.1) is 0 Å². The second-order valence-electron chi connectivity index (χ2n) is 4.44. The molecule has 0 aliphatic carbocycles. The number of carboxylic acids is 1. The lowest BCUT2D eigenvalue weighted by atomic mass is 9.70. The highest BCUT2D eigenvalue weighted by molar-refractivity contribution is 7.90. The van der Waals surface area contributed by atoms with Gasteiger partial charge >= 0.3 is 12.7 Å². The smallest absolute Gasteiger partial charge is 0.430 e. The summed E-state index contributed by atoms with van der Waals surface area (Å²) in [6.07, 6.45) is 0.117. The number of aryl methyl sites for hydroxylation is 1. The fourth-order valence-electron chi connectivity index (χ4n) is 2.00. The zero-order valence-electron chi connectivity index (χ0n) is 10.1. The van der Waals surface area contributed by atoms with E-state index >= 15 is 0 Å². The Hall–Kier alpha value is -1.82. The molecule has 1 aromatic rings. The molecular formula is C9H12BN2O7S-. The summed E-state index contributed by atoms with van der Waals surface area (Å²) in [6.45, 7) is -3.16. The molecule has 11 heteroatoms. The normalized spacial score (nSPS) is 16.9. The number of hydrogen-bond donors (Lipinski definition) is 5. The molecule has 0 spiro atoms. The van der Waals surface area contributed by atoms with Gasteiger partial charge in [0.25, 0.3) is 10.2 Å². The van der Waals surface area contributed by atoms with Crippen LogP contribution in [-0.2, 0) is 16.6 Å². The van der Waals surface area contributed by atoms with Crippen LogP contribution < -0.4 is 14.5 Å². The van der Waals surface area contributed by atoms with Gasteiger partial charge in [0.05, 0.1) is 11.4 Å². The van der Waals surface area contributed by atoms with Crippen molar-refractivity contribution in [3.05, 3.63) is 23.3 Å². The number of fused-ring (bicyclic) bond motifs is 1. The van der Waals surface area contributed by atoms with Gasteiger partial charge in [0, 0.05) is 0 Å². The van der Waals surface area contributed by atoms with Crippen molar-refractivity contribution in [2.45, 2.75) is 12.7 Å². The van der Waals surface area contributed by atoms with Crippen LogP contribution in [0.25, 0.3) is 0 Å². The van der Waals surface area contributed by atoms with Crippen LogP contribution in [0.4, 0.5) is 5.69 Å². The van der Waals surface area contributed by atoms with Crippen LogP contribution in [0.1, 0.15) is 15.9 Å². The largest absolute Gasteiger partial charge is 0.669 e. The van der Waals surface area contributed by atoms with E-state index in [9.17, 15) is 28.4 Å². The van der Waals surface area contributed by atoms with Gasteiger partial charge in [0.15, 0.2) is 0 Å². The van der Waals surface area contributed by atoms with Crippen LogP contribution in [0.2, 0.25) is 6.32 Å². The number of carboxylic acid groups (broad SMARTS) is 1. The number of benzene rings is 1. The maximum Gasteiger partial charge on any atom is 0.430 e. The minimum atomic E-state index is -4.18. The Labute approximate surface area is 114 Å². The van der Waals surface area contributed by atoms with Crippen LogP contribution in [0.3, 0.4) is 0 Å². The Morgan fingerprint density at radius 1 is 1.40 bits per heavy atom. The molecule has 9 nitrogen and oxygen atoms in total. The molecule has 0 atom stereocenters. The number of carbonyl (C=O) groups is 1. The predicted molar refractivity (Wildman–Crippen MR) is 69.5 cm³/mol. The molecule has 0 bridgehead atoms. The molecule has 20 heavy (non-hydrogen) atoms. The maximum absolute atomic E-state index is 11.3. The van der Waals surface area contributed by atoms with Crippen LogP contribution in [0.15, 0.2) is 12.1 Å². The van der Waals surface area contributed by atoms with E-state index < -0.39 is 28.5 Å². The number of aromatic carboxylic acids is 1. The molecule has 1 aromatic carbocycles. The second kappa shape index (κ2) is 4.63. The van der Waals surface area contributed by atoms with E-state index in [0.29, 0.717) is 5.56 Å². The molecule has 1 aliphatic rings. The second-order valence-corrected chi connectivity index (χ2v) is 5.74. The molecule has 0 saturated carbocycles. The molecule has 0 amide bonds. The van der Waals surface area contributed by atoms with Gasteiger partial charge in [-0.1, -0.05) is 12.4 Å². The monoisotopic (exact) mass is 303 g/mol. The summed E-state index contributed by atoms with van der Waals surface area (Å²) in [5.41, 5.74) is -0.402. The number of nitrogens with one attached hydrogen (secondary N) is 1. The minimum Gasteiger partial charge on any atom is -0.669 e. The molecule has 0 saturated heterocycles. The van der Waals surface area contributed by atoms with E-state index in [-0.39, 0.29) is 24.2 Å². The lowest BCUT2D eigenvalue weighted by Gasteiger charge is -2.37. The first kappa shape index (κ1) is 14.6. The first-order valence-electron chi connectivity index (χ1n) is 5.58. The van der Waals surface area contributed by atoms with Crippen LogP contribution in [-0.4, -0.2) is 36.3 Å². The van der Waals surface area contributed by atoms with Crippen molar-refractivity contribution < 1.29 is 33.0 Å². The van der Waals surface area contributed by atoms with Gasteiger partial charge in [-0.25, -0.2) is 9.93 Å². The molecule has 0 fully saturated rings. The van der Waals surface area contributed by atoms with E-state index in [1.54, 1.807) is 0 Å². The van der Waals surface area contributed by atoms with E-state index in [2.05, 4.69) is 0 Å². The third-order valence-corrected chi connectivity index (χ3v) is 3.31. The molecule has 110 valence electrons. The molecule has 0 unspecified atom stereocenters. The van der Waals surface area contributed by atoms with Crippen LogP contribution >= 0.6 is 0 Å². The SMILES string of the molecule is NS(=O)(=O)Nc1ccc2c(c1C(=O)O)O[B-](O)(O)CC2. The number of rotatable bonds is 3. The summed E-state index contributed by atoms with van der Waals surface area (Å²) in [5.74, 6) is -1.76. The van der Waals surface area contributed by atoms with Gasteiger partial charge < -0.3 is 19.8 Å². The molecular weight excluding hydrogens is 291 g/mol. The van der Waals surface area contributed by atoms with E-state index in [0.717, 1.165) is 0 Å². The summed E-state index contributed by atoms with van der Waals surface area (Å²) in [5, 5.41) is 33.0. The van der Waals surface area contributed by atoms with Crippen molar-refractivity contribution in [1.29, 1.82) is 0 Å². The quantitative estimate of drug-likeness (QED) is 0.441. The topological polar surface area (TPSA) is 159 Å². The number of hydrogen-bond acceptors (Lipinski definition) is 6. The fraction of sp³-hybridized carbons (Fsp3) is 0.222. The van der Waals surface area contributed by atoms with E-state index in [1.807, 2.05) is 4.72 Å². The van der Waals surface area contributed by atoms with Crippen molar-refractivity contribution in [1.82, 2.24) is 0 Å². The third kappa shape index (κ3) is 3.01. The summed E-state index contributed by atoms with van der Waals surface area (Å²) < 4.78 is 28.7. The molecule has 0 radical (unpaired) electrons. The van der Waals surface area contributed by atoms with Crippen LogP contribution in [0.5, 0.6) is 5.75 Å². The molecule has 2 rings (SSSR count). The Morgan fingerprint density at radius 3 is 2.60 bits per heavy atom. The van der Waals surface area contributed by atoms with Gasteiger partial charge in [0.2, 0.25) is 0 Å². The van der Waals surface area contributed by atoms with Crippen LogP contribution in [0, 0.1) is 0 Å². The minimum absolute atomic E-state index is 0.0754. The Balaban J connectivity index is 2.60. The third-order valence-electron chi connectivity index (χ3n) is 2.80. The highest BCUT2D eigenvalue weighted by atomic mass is 32.2. The van der Waals surface area contributed by atoms with Crippen molar-refractivity contribution in [2.24, 2.45) is 5.14 Å². The van der Waals surface area contributed by atoms with E-state index in [1.165, 1.54) is 12.1 Å².